The molecule has 4 nitrogen and oxygen atoms in total. The first-order valence-corrected chi connectivity index (χ1v) is 10.0. The zero-order valence-corrected chi connectivity index (χ0v) is 14.6. The highest BCUT2D eigenvalue weighted by atomic mass is 79.9. The van der Waals surface area contributed by atoms with E-state index >= 15 is 0 Å². The lowest BCUT2D eigenvalue weighted by Crippen LogP contribution is -2.33. The fourth-order valence-electron chi connectivity index (χ4n) is 2.86. The number of benzene rings is 1. The molecule has 2 aliphatic rings. The predicted molar refractivity (Wildman–Crippen MR) is 89.5 cm³/mol. The van der Waals surface area contributed by atoms with Crippen LogP contribution in [-0.4, -0.2) is 39.1 Å². The molecule has 1 aliphatic carbocycles. The van der Waals surface area contributed by atoms with Crippen LogP contribution in [0.4, 0.5) is 5.69 Å². The normalized spacial score (nSPS) is 24.2. The van der Waals surface area contributed by atoms with E-state index in [-0.39, 0.29) is 11.8 Å². The van der Waals surface area contributed by atoms with Gasteiger partial charge in [0.05, 0.1) is 11.5 Å². The summed E-state index contributed by atoms with van der Waals surface area (Å²) in [6, 6.07) is 6.99. The molecule has 0 bridgehead atoms. The van der Waals surface area contributed by atoms with Crippen molar-refractivity contribution in [2.75, 3.05) is 23.5 Å². The lowest BCUT2D eigenvalue weighted by Gasteiger charge is -2.28. The lowest BCUT2D eigenvalue weighted by molar-refractivity contribution is 0.600. The van der Waals surface area contributed by atoms with Crippen LogP contribution in [0.3, 0.4) is 0 Å². The second-order valence-electron chi connectivity index (χ2n) is 6.10. The molecule has 1 aromatic carbocycles. The minimum atomic E-state index is -2.85. The minimum Gasteiger partial charge on any atom is -0.370 e. The Morgan fingerprint density at radius 3 is 2.71 bits per heavy atom. The molecule has 0 spiro atoms. The molecule has 2 fully saturated rings. The third kappa shape index (κ3) is 3.79. The van der Waals surface area contributed by atoms with Gasteiger partial charge in [0, 0.05) is 35.8 Å². The number of anilines is 1. The zero-order valence-electron chi connectivity index (χ0n) is 12.2. The second kappa shape index (κ2) is 5.89. The summed E-state index contributed by atoms with van der Waals surface area (Å²) in [7, 11) is -0.842. The van der Waals surface area contributed by atoms with E-state index in [2.05, 4.69) is 38.3 Å². The largest absolute Gasteiger partial charge is 0.370 e. The number of nitrogens with zero attached hydrogens (tertiary/aromatic N) is 1. The summed E-state index contributed by atoms with van der Waals surface area (Å²) in [5, 5.41) is 3.54. The van der Waals surface area contributed by atoms with Gasteiger partial charge < -0.3 is 10.2 Å². The molecule has 6 heteroatoms. The SMILES string of the molecule is CN(c1ccc(Br)cc1CNC1CC1)C1CCS(=O)(=O)C1. The van der Waals surface area contributed by atoms with Crippen molar-refractivity contribution in [3.8, 4) is 0 Å². The monoisotopic (exact) mass is 372 g/mol. The average Bonchev–Trinajstić information content (AvgIpc) is 3.18. The maximum atomic E-state index is 11.7. The number of hydrogen-bond donors (Lipinski definition) is 1. The van der Waals surface area contributed by atoms with Crippen molar-refractivity contribution in [1.82, 2.24) is 5.32 Å². The van der Waals surface area contributed by atoms with Crippen molar-refractivity contribution in [1.29, 1.82) is 0 Å². The Morgan fingerprint density at radius 1 is 1.33 bits per heavy atom. The van der Waals surface area contributed by atoms with Crippen LogP contribution in [0, 0.1) is 0 Å². The standard InChI is InChI=1S/C15H21BrN2O2S/c1-18(14-6-7-21(19,20)10-14)15-5-2-12(16)8-11(15)9-17-13-3-4-13/h2,5,8,13-14,17H,3-4,6-7,9-10H2,1H3. The van der Waals surface area contributed by atoms with E-state index in [1.165, 1.54) is 18.4 Å². The van der Waals surface area contributed by atoms with E-state index < -0.39 is 9.84 Å². The highest BCUT2D eigenvalue weighted by Gasteiger charge is 2.31. The van der Waals surface area contributed by atoms with Crippen molar-refractivity contribution >= 4 is 31.5 Å². The van der Waals surface area contributed by atoms with E-state index in [0.29, 0.717) is 11.8 Å². The summed E-state index contributed by atoms with van der Waals surface area (Å²) >= 11 is 3.53. The van der Waals surface area contributed by atoms with E-state index in [0.717, 1.165) is 23.1 Å². The average molecular weight is 373 g/mol. The van der Waals surface area contributed by atoms with Crippen LogP contribution >= 0.6 is 15.9 Å². The highest BCUT2D eigenvalue weighted by Crippen LogP contribution is 2.29. The van der Waals surface area contributed by atoms with Crippen LogP contribution < -0.4 is 10.2 Å². The van der Waals surface area contributed by atoms with Crippen LogP contribution in [0.15, 0.2) is 22.7 Å². The van der Waals surface area contributed by atoms with Crippen LogP contribution in [0.2, 0.25) is 0 Å². The van der Waals surface area contributed by atoms with Gasteiger partial charge in [0.2, 0.25) is 0 Å². The topological polar surface area (TPSA) is 49.4 Å². The summed E-state index contributed by atoms with van der Waals surface area (Å²) in [4.78, 5) is 2.14. The molecule has 0 radical (unpaired) electrons. The van der Waals surface area contributed by atoms with Crippen molar-refractivity contribution in [3.63, 3.8) is 0 Å². The van der Waals surface area contributed by atoms with E-state index in [1.54, 1.807) is 0 Å². The first kappa shape index (κ1) is 15.3. The quantitative estimate of drug-likeness (QED) is 0.861. The van der Waals surface area contributed by atoms with Gasteiger partial charge in [0.25, 0.3) is 0 Å². The minimum absolute atomic E-state index is 0.0934. The highest BCUT2D eigenvalue weighted by molar-refractivity contribution is 9.10. The lowest BCUT2D eigenvalue weighted by atomic mass is 10.1. The van der Waals surface area contributed by atoms with Gasteiger partial charge >= 0.3 is 0 Å². The molecule has 21 heavy (non-hydrogen) atoms. The fraction of sp³-hybridized carbons (Fsp3) is 0.600. The number of nitrogens with one attached hydrogen (secondary N) is 1. The van der Waals surface area contributed by atoms with Crippen LogP contribution in [0.5, 0.6) is 0 Å². The van der Waals surface area contributed by atoms with Crippen molar-refractivity contribution in [2.45, 2.75) is 37.9 Å². The number of hydrogen-bond acceptors (Lipinski definition) is 4. The summed E-state index contributed by atoms with van der Waals surface area (Å²) < 4.78 is 24.4. The van der Waals surface area contributed by atoms with Crippen LogP contribution in [-0.2, 0) is 16.4 Å². The Labute approximate surface area is 135 Å². The molecular formula is C15H21BrN2O2S. The first-order chi connectivity index (χ1) is 9.94. The van der Waals surface area contributed by atoms with Crippen LogP contribution in [0.25, 0.3) is 0 Å². The van der Waals surface area contributed by atoms with Gasteiger partial charge in [-0.15, -0.1) is 0 Å². The van der Waals surface area contributed by atoms with Gasteiger partial charge in [-0.05, 0) is 43.0 Å². The van der Waals surface area contributed by atoms with Crippen molar-refractivity contribution in [3.05, 3.63) is 28.2 Å². The molecular weight excluding hydrogens is 352 g/mol. The fourth-order valence-corrected chi connectivity index (χ4v) is 5.04. The molecule has 0 amide bonds. The van der Waals surface area contributed by atoms with E-state index in [4.69, 9.17) is 0 Å². The summed E-state index contributed by atoms with van der Waals surface area (Å²) in [5.41, 5.74) is 2.36. The Morgan fingerprint density at radius 2 is 2.10 bits per heavy atom. The van der Waals surface area contributed by atoms with Gasteiger partial charge in [0.15, 0.2) is 9.84 Å². The van der Waals surface area contributed by atoms with Crippen molar-refractivity contribution < 1.29 is 8.42 Å². The Bertz CT molecular complexity index is 629. The molecule has 1 aromatic rings. The molecule has 116 valence electrons. The third-order valence-corrected chi connectivity index (χ3v) is 6.58. The van der Waals surface area contributed by atoms with E-state index in [9.17, 15) is 8.42 Å². The van der Waals surface area contributed by atoms with Gasteiger partial charge in [0.1, 0.15) is 0 Å². The number of halogens is 1. The molecule has 1 aliphatic heterocycles. The molecule has 1 N–H and O–H groups in total. The molecule has 1 saturated heterocycles. The number of rotatable bonds is 5. The smallest absolute Gasteiger partial charge is 0.152 e. The van der Waals surface area contributed by atoms with Gasteiger partial charge in [-0.2, -0.15) is 0 Å². The first-order valence-electron chi connectivity index (χ1n) is 7.40. The van der Waals surface area contributed by atoms with E-state index in [1.807, 2.05) is 13.1 Å². The van der Waals surface area contributed by atoms with Crippen molar-refractivity contribution in [2.24, 2.45) is 0 Å². The summed E-state index contributed by atoms with van der Waals surface area (Å²) in [6.45, 7) is 0.837. The molecule has 1 atom stereocenters. The Hall–Kier alpha value is -0.590. The van der Waals surface area contributed by atoms with Gasteiger partial charge in [-0.25, -0.2) is 8.42 Å². The molecule has 1 unspecified atom stereocenters. The van der Waals surface area contributed by atoms with Crippen LogP contribution in [0.1, 0.15) is 24.8 Å². The maximum Gasteiger partial charge on any atom is 0.152 e. The zero-order chi connectivity index (χ0) is 15.0. The molecule has 1 saturated carbocycles. The Balaban J connectivity index is 1.79. The van der Waals surface area contributed by atoms with Gasteiger partial charge in [-0.3, -0.25) is 0 Å². The van der Waals surface area contributed by atoms with Gasteiger partial charge in [-0.1, -0.05) is 15.9 Å². The number of sulfone groups is 1. The predicted octanol–water partition coefficient (Wildman–Crippen LogP) is 2.32. The molecule has 1 heterocycles. The second-order valence-corrected chi connectivity index (χ2v) is 9.24. The third-order valence-electron chi connectivity index (χ3n) is 4.34. The maximum absolute atomic E-state index is 11.7. The summed E-state index contributed by atoms with van der Waals surface area (Å²) in [5.74, 6) is 0.587. The molecule has 0 aromatic heterocycles. The summed E-state index contributed by atoms with van der Waals surface area (Å²) in [6.07, 6.45) is 3.25. The Kier molecular flexibility index (Phi) is 4.30. The molecule has 3 rings (SSSR count).